The van der Waals surface area contributed by atoms with Gasteiger partial charge in [-0.25, -0.2) is 9.79 Å². The summed E-state index contributed by atoms with van der Waals surface area (Å²) in [5.74, 6) is -0.274. The summed E-state index contributed by atoms with van der Waals surface area (Å²) in [6, 6.07) is 13.2. The second kappa shape index (κ2) is 10.6. The monoisotopic (exact) mass is 635 g/mol. The molecule has 0 bridgehead atoms. The number of nitrogens with zero attached hydrogens (tertiary/aromatic N) is 3. The Morgan fingerprint density at radius 1 is 0.972 bits per heavy atom. The second-order valence-electron chi connectivity index (χ2n) is 7.28. The lowest BCUT2D eigenvalue weighted by Gasteiger charge is -2.11. The van der Waals surface area contributed by atoms with Gasteiger partial charge in [-0.15, -0.1) is 0 Å². The van der Waals surface area contributed by atoms with Gasteiger partial charge in [-0.1, -0.05) is 11.6 Å². The maximum Gasteiger partial charge on any atom is 0.363 e. The van der Waals surface area contributed by atoms with Gasteiger partial charge in [0, 0.05) is 24.3 Å². The second-order valence-corrected chi connectivity index (χ2v) is 9.40. The fourth-order valence-corrected chi connectivity index (χ4v) is 4.85. The molecule has 0 atom stereocenters. The van der Waals surface area contributed by atoms with Crippen molar-refractivity contribution in [3.63, 3.8) is 0 Å². The van der Waals surface area contributed by atoms with E-state index in [9.17, 15) is 25.0 Å². The van der Waals surface area contributed by atoms with Crippen molar-refractivity contribution in [1.82, 2.24) is 0 Å². The van der Waals surface area contributed by atoms with E-state index >= 15 is 0 Å². The zero-order chi connectivity index (χ0) is 26.0. The fourth-order valence-electron chi connectivity index (χ4n) is 3.14. The quantitative estimate of drug-likeness (QED) is 0.123. The lowest BCUT2D eigenvalue weighted by molar-refractivity contribution is -0.385. The van der Waals surface area contributed by atoms with Crippen molar-refractivity contribution < 1.29 is 24.1 Å². The molecule has 0 amide bonds. The largest absolute Gasteiger partial charge is 0.487 e. The first-order valence-electron chi connectivity index (χ1n) is 9.94. The maximum absolute atomic E-state index is 12.4. The first-order valence-corrected chi connectivity index (χ1v) is 11.9. The Labute approximate surface area is 224 Å². The summed E-state index contributed by atoms with van der Waals surface area (Å²) in [4.78, 5) is 37.2. The number of ether oxygens (including phenoxy) is 2. The molecule has 1 aliphatic heterocycles. The van der Waals surface area contributed by atoms with Gasteiger partial charge in [-0.2, -0.15) is 0 Å². The molecule has 0 saturated heterocycles. The number of benzene rings is 3. The molecule has 0 saturated carbocycles. The molecule has 0 N–H and O–H groups in total. The molecule has 3 aromatic carbocycles. The number of halogens is 3. The third-order valence-electron chi connectivity index (χ3n) is 4.87. The van der Waals surface area contributed by atoms with Crippen molar-refractivity contribution in [3.8, 4) is 5.75 Å². The molecule has 0 unspecified atom stereocenters. The normalized spacial score (nSPS) is 13.9. The highest BCUT2D eigenvalue weighted by molar-refractivity contribution is 9.11. The number of hydrogen-bond donors (Lipinski definition) is 0. The summed E-state index contributed by atoms with van der Waals surface area (Å²) < 4.78 is 12.2. The van der Waals surface area contributed by atoms with E-state index in [1.807, 2.05) is 0 Å². The first-order chi connectivity index (χ1) is 17.1. The zero-order valence-corrected chi connectivity index (χ0v) is 21.7. The van der Waals surface area contributed by atoms with E-state index in [0.29, 0.717) is 20.3 Å². The van der Waals surface area contributed by atoms with Gasteiger partial charge in [0.05, 0.1) is 29.4 Å². The minimum absolute atomic E-state index is 0.00870. The van der Waals surface area contributed by atoms with Crippen LogP contribution in [-0.4, -0.2) is 21.7 Å². The number of carbonyl (C=O) groups is 1. The lowest BCUT2D eigenvalue weighted by atomic mass is 10.2. The molecule has 0 spiro atoms. The van der Waals surface area contributed by atoms with Crippen molar-refractivity contribution in [2.75, 3.05) is 0 Å². The van der Waals surface area contributed by atoms with Crippen molar-refractivity contribution in [2.45, 2.75) is 6.61 Å². The highest BCUT2D eigenvalue weighted by Crippen LogP contribution is 2.36. The zero-order valence-electron chi connectivity index (χ0n) is 17.8. The van der Waals surface area contributed by atoms with E-state index in [0.717, 1.165) is 11.6 Å². The molecule has 0 radical (unpaired) electrons. The number of cyclic esters (lactones) is 1. The highest BCUT2D eigenvalue weighted by Gasteiger charge is 2.26. The van der Waals surface area contributed by atoms with Crippen molar-refractivity contribution in [1.29, 1.82) is 0 Å². The van der Waals surface area contributed by atoms with Crippen LogP contribution in [0.25, 0.3) is 6.08 Å². The van der Waals surface area contributed by atoms with Gasteiger partial charge < -0.3 is 9.47 Å². The van der Waals surface area contributed by atoms with Crippen LogP contribution < -0.4 is 4.74 Å². The van der Waals surface area contributed by atoms with E-state index in [4.69, 9.17) is 21.1 Å². The number of esters is 1. The summed E-state index contributed by atoms with van der Waals surface area (Å²) in [7, 11) is 0. The van der Waals surface area contributed by atoms with Crippen molar-refractivity contribution in [3.05, 3.63) is 111 Å². The highest BCUT2D eigenvalue weighted by atomic mass is 79.9. The summed E-state index contributed by atoms with van der Waals surface area (Å²) in [6.45, 7) is 0.172. The Hall–Kier alpha value is -3.61. The molecule has 0 fully saturated rings. The summed E-state index contributed by atoms with van der Waals surface area (Å²) >= 11 is 13.0. The van der Waals surface area contributed by atoms with Gasteiger partial charge in [0.25, 0.3) is 11.4 Å². The minimum Gasteiger partial charge on any atom is -0.487 e. The SMILES string of the molecule is O=C1OC(c2ccc([N+](=O)[O-])cc2Cl)=N/C1=C\c1cc(Br)c(OCc2ccc([N+](=O)[O-])cc2)c(Br)c1. The number of nitro benzene ring substituents is 2. The molecule has 3 aromatic rings. The molecular weight excluding hydrogens is 626 g/mol. The summed E-state index contributed by atoms with van der Waals surface area (Å²) in [5.41, 5.74) is 1.39. The number of nitro groups is 2. The van der Waals surface area contributed by atoms with E-state index in [2.05, 4.69) is 36.9 Å². The minimum atomic E-state index is -0.704. The number of hydrogen-bond acceptors (Lipinski definition) is 8. The topological polar surface area (TPSA) is 134 Å². The van der Waals surface area contributed by atoms with Gasteiger partial charge in [0.15, 0.2) is 5.70 Å². The molecule has 13 heteroatoms. The van der Waals surface area contributed by atoms with Gasteiger partial charge in [0.1, 0.15) is 12.4 Å². The average molecular weight is 638 g/mol. The predicted octanol–water partition coefficient (Wildman–Crippen LogP) is 6.60. The standard InChI is InChI=1S/C23H12Br2ClN3O7/c24-17-7-13(8-18(25)21(17)35-11-12-1-3-14(4-2-12)28(31)32)9-20-23(30)36-22(27-20)16-6-5-15(29(33)34)10-19(16)26/h1-10H,11H2/b20-9-. The van der Waals surface area contributed by atoms with Crippen molar-refractivity contribution >= 4 is 72.8 Å². The van der Waals surface area contributed by atoms with Crippen LogP contribution in [0.1, 0.15) is 16.7 Å². The Balaban J connectivity index is 1.53. The van der Waals surface area contributed by atoms with Gasteiger partial charge in [0.2, 0.25) is 5.90 Å². The Morgan fingerprint density at radius 3 is 2.17 bits per heavy atom. The third kappa shape index (κ3) is 5.61. The van der Waals surface area contributed by atoms with Gasteiger partial charge in [-0.3, -0.25) is 20.2 Å². The van der Waals surface area contributed by atoms with Crippen LogP contribution in [0.5, 0.6) is 5.75 Å². The molecule has 0 aromatic heterocycles. The fraction of sp³-hybridized carbons (Fsp3) is 0.0435. The van der Waals surface area contributed by atoms with Crippen LogP contribution in [0.4, 0.5) is 11.4 Å². The van der Waals surface area contributed by atoms with Crippen LogP contribution in [0.2, 0.25) is 5.02 Å². The molecule has 1 heterocycles. The number of aliphatic imine (C=N–C) groups is 1. The molecular formula is C23H12Br2ClN3O7. The number of carbonyl (C=O) groups excluding carboxylic acids is 1. The van der Waals surface area contributed by atoms with Crippen molar-refractivity contribution in [2.24, 2.45) is 4.99 Å². The molecule has 1 aliphatic rings. The Kier molecular flexibility index (Phi) is 7.48. The van der Waals surface area contributed by atoms with Crippen LogP contribution in [-0.2, 0) is 16.1 Å². The number of rotatable bonds is 7. The molecule has 10 nitrogen and oxygen atoms in total. The van der Waals surface area contributed by atoms with Crippen LogP contribution >= 0.6 is 43.5 Å². The molecule has 182 valence electrons. The molecule has 36 heavy (non-hydrogen) atoms. The van der Waals surface area contributed by atoms with E-state index in [1.165, 1.54) is 30.3 Å². The summed E-state index contributed by atoms with van der Waals surface area (Å²) in [6.07, 6.45) is 1.50. The predicted molar refractivity (Wildman–Crippen MR) is 138 cm³/mol. The average Bonchev–Trinajstić information content (AvgIpc) is 3.18. The van der Waals surface area contributed by atoms with Gasteiger partial charge >= 0.3 is 5.97 Å². The first kappa shape index (κ1) is 25.5. The summed E-state index contributed by atoms with van der Waals surface area (Å²) in [5, 5.41) is 21.7. The maximum atomic E-state index is 12.4. The van der Waals surface area contributed by atoms with E-state index < -0.39 is 15.8 Å². The molecule has 0 aliphatic carbocycles. The van der Waals surface area contributed by atoms with Crippen LogP contribution in [0, 0.1) is 20.2 Å². The number of non-ortho nitro benzene ring substituents is 2. The Bertz CT molecular complexity index is 1450. The third-order valence-corrected chi connectivity index (χ3v) is 6.36. The van der Waals surface area contributed by atoms with E-state index in [1.54, 1.807) is 24.3 Å². The van der Waals surface area contributed by atoms with Crippen LogP contribution in [0.3, 0.4) is 0 Å². The molecule has 4 rings (SSSR count). The lowest BCUT2D eigenvalue weighted by Crippen LogP contribution is -2.06. The van der Waals surface area contributed by atoms with Gasteiger partial charge in [-0.05, 0) is 79.4 Å². The van der Waals surface area contributed by atoms with E-state index in [-0.39, 0.29) is 40.2 Å². The smallest absolute Gasteiger partial charge is 0.363 e. The Morgan fingerprint density at radius 2 is 1.58 bits per heavy atom. The van der Waals surface area contributed by atoms with Crippen LogP contribution in [0.15, 0.2) is 74.2 Å².